The number of ether oxygens (including phenoxy) is 1. The van der Waals surface area contributed by atoms with Crippen molar-refractivity contribution in [3.8, 4) is 5.75 Å². The number of likely N-dealkylation sites (tertiary alicyclic amines) is 1. The average Bonchev–Trinajstić information content (AvgIpc) is 3.05. The summed E-state index contributed by atoms with van der Waals surface area (Å²) in [6.07, 6.45) is 3.74. The van der Waals surface area contributed by atoms with Gasteiger partial charge in [-0.05, 0) is 43.6 Å². The number of methoxy groups -OCH3 is 1. The molecule has 1 heterocycles. The first-order valence-electron chi connectivity index (χ1n) is 11.5. The lowest BCUT2D eigenvalue weighted by Crippen LogP contribution is -2.40. The number of amides is 3. The molecule has 0 aromatic heterocycles. The second-order valence-corrected chi connectivity index (χ2v) is 8.39. The minimum Gasteiger partial charge on any atom is -0.497 e. The summed E-state index contributed by atoms with van der Waals surface area (Å²) in [7, 11) is 1.64. The Morgan fingerprint density at radius 3 is 2.39 bits per heavy atom. The van der Waals surface area contributed by atoms with Gasteiger partial charge in [-0.1, -0.05) is 38.8 Å². The number of nitrogens with zero attached hydrogens (tertiary/aromatic N) is 2. The standard InChI is InChI=1S/C24H35N3O4/c1-4-26(5-2)21(17-9-8-10-18(15-17)31-3)16-25-22(28)13-14-27-23(29)19-11-6-7-12-20(19)24(27)30/h8-10,15,19-21H,4-7,11-14,16H2,1-3H3,(H,25,28). The van der Waals surface area contributed by atoms with Crippen molar-refractivity contribution in [2.45, 2.75) is 52.0 Å². The van der Waals surface area contributed by atoms with E-state index in [1.54, 1.807) is 7.11 Å². The van der Waals surface area contributed by atoms with Crippen molar-refractivity contribution in [2.75, 3.05) is 33.3 Å². The van der Waals surface area contributed by atoms with Crippen LogP contribution in [-0.4, -0.2) is 60.8 Å². The summed E-state index contributed by atoms with van der Waals surface area (Å²) < 4.78 is 5.36. The zero-order valence-electron chi connectivity index (χ0n) is 18.9. The van der Waals surface area contributed by atoms with Crippen LogP contribution >= 0.6 is 0 Å². The van der Waals surface area contributed by atoms with E-state index in [0.717, 1.165) is 50.1 Å². The van der Waals surface area contributed by atoms with Gasteiger partial charge in [0.1, 0.15) is 5.75 Å². The van der Waals surface area contributed by atoms with Crippen molar-refractivity contribution < 1.29 is 19.1 Å². The van der Waals surface area contributed by atoms with Gasteiger partial charge in [-0.25, -0.2) is 0 Å². The SMILES string of the molecule is CCN(CC)C(CNC(=O)CCN1C(=O)C2CCCCC2C1=O)c1cccc(OC)c1. The maximum absolute atomic E-state index is 12.6. The largest absolute Gasteiger partial charge is 0.497 e. The molecule has 2 fully saturated rings. The van der Waals surface area contributed by atoms with Crippen LogP contribution in [0.15, 0.2) is 24.3 Å². The van der Waals surface area contributed by atoms with Crippen LogP contribution in [0.3, 0.4) is 0 Å². The Balaban J connectivity index is 1.58. The Kier molecular flexibility index (Phi) is 8.07. The third kappa shape index (κ3) is 5.26. The smallest absolute Gasteiger partial charge is 0.233 e. The summed E-state index contributed by atoms with van der Waals surface area (Å²) in [5.41, 5.74) is 1.08. The third-order valence-corrected chi connectivity index (χ3v) is 6.72. The summed E-state index contributed by atoms with van der Waals surface area (Å²) in [6, 6.07) is 7.92. The van der Waals surface area contributed by atoms with Crippen LogP contribution in [-0.2, 0) is 14.4 Å². The third-order valence-electron chi connectivity index (χ3n) is 6.72. The van der Waals surface area contributed by atoms with Crippen LogP contribution in [0, 0.1) is 11.8 Å². The van der Waals surface area contributed by atoms with Crippen LogP contribution in [0.25, 0.3) is 0 Å². The highest BCUT2D eigenvalue weighted by Crippen LogP contribution is 2.38. The van der Waals surface area contributed by atoms with Gasteiger partial charge in [-0.3, -0.25) is 24.2 Å². The Morgan fingerprint density at radius 1 is 1.16 bits per heavy atom. The molecule has 3 atom stereocenters. The molecular formula is C24H35N3O4. The number of carbonyl (C=O) groups excluding carboxylic acids is 3. The molecule has 3 unspecified atom stereocenters. The number of benzene rings is 1. The summed E-state index contributed by atoms with van der Waals surface area (Å²) in [6.45, 7) is 6.54. The second-order valence-electron chi connectivity index (χ2n) is 8.39. The molecule has 2 aliphatic rings. The fraction of sp³-hybridized carbons (Fsp3) is 0.625. The van der Waals surface area contributed by atoms with Crippen molar-refractivity contribution in [1.29, 1.82) is 0 Å². The molecule has 1 saturated carbocycles. The number of imide groups is 1. The number of fused-ring (bicyclic) bond motifs is 1. The summed E-state index contributed by atoms with van der Waals surface area (Å²) in [4.78, 5) is 41.4. The molecule has 31 heavy (non-hydrogen) atoms. The van der Waals surface area contributed by atoms with Crippen molar-refractivity contribution in [1.82, 2.24) is 15.1 Å². The van der Waals surface area contributed by atoms with Gasteiger partial charge in [-0.2, -0.15) is 0 Å². The zero-order chi connectivity index (χ0) is 22.4. The number of likely N-dealkylation sites (N-methyl/N-ethyl adjacent to an activating group) is 1. The average molecular weight is 430 g/mol. The zero-order valence-corrected chi connectivity index (χ0v) is 18.9. The number of hydrogen-bond donors (Lipinski definition) is 1. The lowest BCUT2D eigenvalue weighted by molar-refractivity contribution is -0.140. The molecule has 1 N–H and O–H groups in total. The van der Waals surface area contributed by atoms with E-state index in [4.69, 9.17) is 4.74 Å². The van der Waals surface area contributed by atoms with Crippen LogP contribution in [0.2, 0.25) is 0 Å². The Morgan fingerprint density at radius 2 is 1.81 bits per heavy atom. The van der Waals surface area contributed by atoms with Gasteiger partial charge in [0.25, 0.3) is 0 Å². The lowest BCUT2D eigenvalue weighted by atomic mass is 9.81. The van der Waals surface area contributed by atoms with Crippen molar-refractivity contribution in [3.05, 3.63) is 29.8 Å². The summed E-state index contributed by atoms with van der Waals surface area (Å²) in [5, 5.41) is 3.01. The molecule has 7 heteroatoms. The molecule has 1 aliphatic heterocycles. The molecule has 0 radical (unpaired) electrons. The van der Waals surface area contributed by atoms with Gasteiger partial charge < -0.3 is 10.1 Å². The van der Waals surface area contributed by atoms with E-state index < -0.39 is 0 Å². The maximum Gasteiger partial charge on any atom is 0.233 e. The van der Waals surface area contributed by atoms with Gasteiger partial charge in [0.2, 0.25) is 17.7 Å². The van der Waals surface area contributed by atoms with E-state index >= 15 is 0 Å². The minimum absolute atomic E-state index is 0.0203. The fourth-order valence-corrected chi connectivity index (χ4v) is 4.93. The van der Waals surface area contributed by atoms with Crippen LogP contribution in [0.1, 0.15) is 57.6 Å². The van der Waals surface area contributed by atoms with Crippen LogP contribution in [0.4, 0.5) is 0 Å². The van der Waals surface area contributed by atoms with Crippen LogP contribution in [0.5, 0.6) is 5.75 Å². The van der Waals surface area contributed by atoms with Gasteiger partial charge in [0.15, 0.2) is 0 Å². The molecule has 0 spiro atoms. The molecule has 3 amide bonds. The first-order valence-corrected chi connectivity index (χ1v) is 11.5. The molecular weight excluding hydrogens is 394 g/mol. The van der Waals surface area contributed by atoms with Crippen molar-refractivity contribution >= 4 is 17.7 Å². The van der Waals surface area contributed by atoms with Gasteiger partial charge in [-0.15, -0.1) is 0 Å². The first kappa shape index (κ1) is 23.3. The van der Waals surface area contributed by atoms with Crippen molar-refractivity contribution in [3.63, 3.8) is 0 Å². The lowest BCUT2D eigenvalue weighted by Gasteiger charge is -2.30. The van der Waals surface area contributed by atoms with E-state index in [0.29, 0.717) is 6.54 Å². The predicted molar refractivity (Wildman–Crippen MR) is 118 cm³/mol. The van der Waals surface area contributed by atoms with E-state index in [-0.39, 0.29) is 48.6 Å². The van der Waals surface area contributed by atoms with Gasteiger partial charge >= 0.3 is 0 Å². The Labute approximate surface area is 185 Å². The molecule has 170 valence electrons. The summed E-state index contributed by atoms with van der Waals surface area (Å²) in [5.74, 6) is 0.151. The number of carbonyl (C=O) groups is 3. The van der Waals surface area contributed by atoms with E-state index in [1.165, 1.54) is 4.90 Å². The second kappa shape index (κ2) is 10.8. The quantitative estimate of drug-likeness (QED) is 0.579. The number of rotatable bonds is 10. The van der Waals surface area contributed by atoms with Crippen molar-refractivity contribution in [2.24, 2.45) is 11.8 Å². The highest BCUT2D eigenvalue weighted by molar-refractivity contribution is 6.05. The molecule has 7 nitrogen and oxygen atoms in total. The monoisotopic (exact) mass is 429 g/mol. The van der Waals surface area contributed by atoms with Gasteiger partial charge in [0.05, 0.1) is 25.0 Å². The minimum atomic E-state index is -0.163. The van der Waals surface area contributed by atoms with E-state index in [2.05, 4.69) is 24.1 Å². The molecule has 0 bridgehead atoms. The molecule has 1 aliphatic carbocycles. The Bertz CT molecular complexity index is 769. The Hall–Kier alpha value is -2.41. The van der Waals surface area contributed by atoms with E-state index in [9.17, 15) is 14.4 Å². The van der Waals surface area contributed by atoms with Gasteiger partial charge in [0, 0.05) is 19.5 Å². The first-order chi connectivity index (χ1) is 15.0. The van der Waals surface area contributed by atoms with E-state index in [1.807, 2.05) is 24.3 Å². The normalized spacial score (nSPS) is 21.9. The number of nitrogens with one attached hydrogen (secondary N) is 1. The summed E-state index contributed by atoms with van der Waals surface area (Å²) >= 11 is 0. The molecule has 3 rings (SSSR count). The fourth-order valence-electron chi connectivity index (χ4n) is 4.93. The highest BCUT2D eigenvalue weighted by atomic mass is 16.5. The topological polar surface area (TPSA) is 79.0 Å². The molecule has 1 saturated heterocycles. The predicted octanol–water partition coefficient (Wildman–Crippen LogP) is 2.76. The molecule has 1 aromatic carbocycles. The van der Waals surface area contributed by atoms with Crippen LogP contribution < -0.4 is 10.1 Å². The number of hydrogen-bond acceptors (Lipinski definition) is 5. The maximum atomic E-state index is 12.6. The molecule has 1 aromatic rings. The highest BCUT2D eigenvalue weighted by Gasteiger charge is 2.47.